The van der Waals surface area contributed by atoms with Crippen LogP contribution in [0.25, 0.3) is 0 Å². The standard InChI is InChI=1S/C14H17ClFNO2/c1-8-6-17(7-11(8)14(18)19)9(2)10-3-4-13(16)12(15)5-10/h3-5,8-9,11H,6-7H2,1-2H3,(H,18,19)/t8-,9?,11-/m1/s1. The van der Waals surface area contributed by atoms with Crippen LogP contribution in [0.1, 0.15) is 25.5 Å². The first-order chi connectivity index (χ1) is 8.90. The molecule has 0 aromatic heterocycles. The predicted molar refractivity (Wildman–Crippen MR) is 71.7 cm³/mol. The van der Waals surface area contributed by atoms with E-state index in [1.54, 1.807) is 12.1 Å². The molecule has 2 rings (SSSR count). The van der Waals surface area contributed by atoms with E-state index in [1.807, 2.05) is 13.8 Å². The molecule has 0 saturated carbocycles. The van der Waals surface area contributed by atoms with E-state index in [4.69, 9.17) is 16.7 Å². The van der Waals surface area contributed by atoms with Crippen LogP contribution >= 0.6 is 11.6 Å². The summed E-state index contributed by atoms with van der Waals surface area (Å²) in [4.78, 5) is 13.2. The van der Waals surface area contributed by atoms with E-state index >= 15 is 0 Å². The SMILES string of the molecule is CC(c1ccc(F)c(Cl)c1)N1C[C@@H](C)[C@H](C(=O)O)C1. The van der Waals surface area contributed by atoms with Crippen molar-refractivity contribution in [1.29, 1.82) is 0 Å². The normalized spacial score (nSPS) is 25.5. The molecule has 0 spiro atoms. The van der Waals surface area contributed by atoms with Gasteiger partial charge in [0.2, 0.25) is 0 Å². The molecule has 1 heterocycles. The van der Waals surface area contributed by atoms with Crippen molar-refractivity contribution in [3.05, 3.63) is 34.6 Å². The summed E-state index contributed by atoms with van der Waals surface area (Å²) in [6, 6.07) is 4.69. The predicted octanol–water partition coefficient (Wildman–Crippen LogP) is 3.19. The van der Waals surface area contributed by atoms with Crippen molar-refractivity contribution in [2.45, 2.75) is 19.9 Å². The van der Waals surface area contributed by atoms with Gasteiger partial charge in [-0.1, -0.05) is 24.6 Å². The van der Waals surface area contributed by atoms with Crippen molar-refractivity contribution in [2.75, 3.05) is 13.1 Å². The molecule has 0 bridgehead atoms. The van der Waals surface area contributed by atoms with Crippen molar-refractivity contribution in [1.82, 2.24) is 4.90 Å². The lowest BCUT2D eigenvalue weighted by Crippen LogP contribution is -2.26. The third kappa shape index (κ3) is 2.90. The van der Waals surface area contributed by atoms with Gasteiger partial charge in [0, 0.05) is 19.1 Å². The molecule has 104 valence electrons. The molecule has 1 aromatic rings. The fourth-order valence-electron chi connectivity index (χ4n) is 2.63. The van der Waals surface area contributed by atoms with E-state index in [-0.39, 0.29) is 22.9 Å². The number of hydrogen-bond donors (Lipinski definition) is 1. The Morgan fingerprint density at radius 1 is 1.53 bits per heavy atom. The van der Waals surface area contributed by atoms with Crippen LogP contribution in [0.2, 0.25) is 5.02 Å². The molecule has 5 heteroatoms. The zero-order chi connectivity index (χ0) is 14.2. The summed E-state index contributed by atoms with van der Waals surface area (Å²) in [6.07, 6.45) is 0. The molecule has 1 aromatic carbocycles. The molecule has 3 nitrogen and oxygen atoms in total. The second kappa shape index (κ2) is 5.47. The highest BCUT2D eigenvalue weighted by molar-refractivity contribution is 6.30. The van der Waals surface area contributed by atoms with E-state index in [0.717, 1.165) is 12.1 Å². The van der Waals surface area contributed by atoms with E-state index in [0.29, 0.717) is 6.54 Å². The van der Waals surface area contributed by atoms with Gasteiger partial charge >= 0.3 is 5.97 Å². The van der Waals surface area contributed by atoms with Gasteiger partial charge < -0.3 is 5.11 Å². The maximum atomic E-state index is 13.1. The Labute approximate surface area is 117 Å². The molecule has 1 N–H and O–H groups in total. The number of rotatable bonds is 3. The van der Waals surface area contributed by atoms with Crippen LogP contribution in [0.3, 0.4) is 0 Å². The number of carbonyl (C=O) groups is 1. The van der Waals surface area contributed by atoms with Gasteiger partial charge in [-0.15, -0.1) is 0 Å². The maximum Gasteiger partial charge on any atom is 0.308 e. The van der Waals surface area contributed by atoms with Crippen LogP contribution in [0, 0.1) is 17.7 Å². The largest absolute Gasteiger partial charge is 0.481 e. The van der Waals surface area contributed by atoms with Gasteiger partial charge in [0.15, 0.2) is 0 Å². The first-order valence-corrected chi connectivity index (χ1v) is 6.69. The monoisotopic (exact) mass is 285 g/mol. The molecular formula is C14H17ClFNO2. The Hall–Kier alpha value is -1.13. The quantitative estimate of drug-likeness (QED) is 0.927. The molecular weight excluding hydrogens is 269 g/mol. The van der Waals surface area contributed by atoms with Gasteiger partial charge in [-0.3, -0.25) is 9.69 Å². The summed E-state index contributed by atoms with van der Waals surface area (Å²) < 4.78 is 13.1. The molecule has 1 fully saturated rings. The van der Waals surface area contributed by atoms with Crippen molar-refractivity contribution >= 4 is 17.6 Å². The number of nitrogens with zero attached hydrogens (tertiary/aromatic N) is 1. The zero-order valence-electron chi connectivity index (χ0n) is 10.9. The summed E-state index contributed by atoms with van der Waals surface area (Å²) in [6.45, 7) is 5.18. The number of aliphatic carboxylic acids is 1. The van der Waals surface area contributed by atoms with Crippen LogP contribution in [0.4, 0.5) is 4.39 Å². The average Bonchev–Trinajstić information content (AvgIpc) is 2.74. The molecule has 1 aliphatic heterocycles. The number of halogens is 2. The molecule has 0 aliphatic carbocycles. The first kappa shape index (κ1) is 14.3. The third-order valence-corrected chi connectivity index (χ3v) is 4.22. The van der Waals surface area contributed by atoms with Crippen molar-refractivity contribution in [3.8, 4) is 0 Å². The van der Waals surface area contributed by atoms with Gasteiger partial charge in [0.05, 0.1) is 10.9 Å². The highest BCUT2D eigenvalue weighted by Gasteiger charge is 2.36. The van der Waals surface area contributed by atoms with Crippen molar-refractivity contribution in [2.24, 2.45) is 11.8 Å². The van der Waals surface area contributed by atoms with Crippen molar-refractivity contribution in [3.63, 3.8) is 0 Å². The molecule has 1 unspecified atom stereocenters. The highest BCUT2D eigenvalue weighted by Crippen LogP contribution is 2.32. The lowest BCUT2D eigenvalue weighted by atomic mass is 9.99. The van der Waals surface area contributed by atoms with E-state index < -0.39 is 11.8 Å². The summed E-state index contributed by atoms with van der Waals surface area (Å²) in [5, 5.41) is 9.24. The Kier molecular flexibility index (Phi) is 4.11. The summed E-state index contributed by atoms with van der Waals surface area (Å²) in [5.41, 5.74) is 0.907. The van der Waals surface area contributed by atoms with Gasteiger partial charge in [0.1, 0.15) is 5.82 Å². The molecule has 19 heavy (non-hydrogen) atoms. The van der Waals surface area contributed by atoms with Gasteiger partial charge in [-0.2, -0.15) is 0 Å². The molecule has 3 atom stereocenters. The number of carboxylic acids is 1. The maximum absolute atomic E-state index is 13.1. The fraction of sp³-hybridized carbons (Fsp3) is 0.500. The van der Waals surface area contributed by atoms with Crippen LogP contribution < -0.4 is 0 Å². The average molecular weight is 286 g/mol. The van der Waals surface area contributed by atoms with Gasteiger partial charge in [-0.25, -0.2) is 4.39 Å². The minimum Gasteiger partial charge on any atom is -0.481 e. The lowest BCUT2D eigenvalue weighted by molar-refractivity contribution is -0.142. The highest BCUT2D eigenvalue weighted by atomic mass is 35.5. The molecule has 0 radical (unpaired) electrons. The third-order valence-electron chi connectivity index (χ3n) is 3.93. The lowest BCUT2D eigenvalue weighted by Gasteiger charge is -2.24. The number of hydrogen-bond acceptors (Lipinski definition) is 2. The minimum atomic E-state index is -0.751. The van der Waals surface area contributed by atoms with Crippen LogP contribution in [-0.2, 0) is 4.79 Å². The topological polar surface area (TPSA) is 40.5 Å². The second-order valence-electron chi connectivity index (χ2n) is 5.23. The Bertz CT molecular complexity index is 494. The number of carboxylic acid groups (broad SMARTS) is 1. The fourth-order valence-corrected chi connectivity index (χ4v) is 2.81. The molecule has 1 saturated heterocycles. The van der Waals surface area contributed by atoms with Crippen molar-refractivity contribution < 1.29 is 14.3 Å². The van der Waals surface area contributed by atoms with Crippen LogP contribution in [0.5, 0.6) is 0 Å². The first-order valence-electron chi connectivity index (χ1n) is 6.32. The summed E-state index contributed by atoms with van der Waals surface area (Å²) in [7, 11) is 0. The Balaban J connectivity index is 2.14. The summed E-state index contributed by atoms with van der Waals surface area (Å²) >= 11 is 5.78. The Morgan fingerprint density at radius 3 is 2.74 bits per heavy atom. The number of likely N-dealkylation sites (tertiary alicyclic amines) is 1. The molecule has 1 aliphatic rings. The van der Waals surface area contributed by atoms with Gasteiger partial charge in [-0.05, 0) is 30.5 Å². The smallest absolute Gasteiger partial charge is 0.308 e. The van der Waals surface area contributed by atoms with Gasteiger partial charge in [0.25, 0.3) is 0 Å². The summed E-state index contributed by atoms with van der Waals surface area (Å²) in [5.74, 6) is -1.40. The zero-order valence-corrected chi connectivity index (χ0v) is 11.7. The van der Waals surface area contributed by atoms with E-state index in [1.165, 1.54) is 6.07 Å². The molecule has 0 amide bonds. The van der Waals surface area contributed by atoms with E-state index in [9.17, 15) is 9.18 Å². The Morgan fingerprint density at radius 2 is 2.21 bits per heavy atom. The number of benzene rings is 1. The van der Waals surface area contributed by atoms with E-state index in [2.05, 4.69) is 4.90 Å². The second-order valence-corrected chi connectivity index (χ2v) is 5.63. The minimum absolute atomic E-state index is 0.0323. The van der Waals surface area contributed by atoms with Crippen LogP contribution in [0.15, 0.2) is 18.2 Å². The van der Waals surface area contributed by atoms with Crippen LogP contribution in [-0.4, -0.2) is 29.1 Å².